The lowest BCUT2D eigenvalue weighted by atomic mass is 10.1. The van der Waals surface area contributed by atoms with Crippen molar-refractivity contribution in [2.75, 3.05) is 11.4 Å². The molecule has 1 N–H and O–H groups in total. The average molecular weight is 357 g/mol. The van der Waals surface area contributed by atoms with Gasteiger partial charge in [-0.15, -0.1) is 0 Å². The van der Waals surface area contributed by atoms with Crippen molar-refractivity contribution in [3.63, 3.8) is 0 Å². The number of halogens is 1. The minimum atomic E-state index is -0.540. The van der Waals surface area contributed by atoms with Crippen molar-refractivity contribution in [1.82, 2.24) is 5.32 Å². The van der Waals surface area contributed by atoms with Gasteiger partial charge in [0.1, 0.15) is 5.82 Å². The molecular formula is C18H16FN3O4. The van der Waals surface area contributed by atoms with Crippen molar-refractivity contribution in [2.24, 2.45) is 0 Å². The number of benzene rings is 2. The molecule has 1 heterocycles. The lowest BCUT2D eigenvalue weighted by Gasteiger charge is -2.17. The van der Waals surface area contributed by atoms with Crippen molar-refractivity contribution in [1.29, 1.82) is 0 Å². The molecule has 1 aliphatic rings. The summed E-state index contributed by atoms with van der Waals surface area (Å²) in [5, 5.41) is 13.7. The van der Waals surface area contributed by atoms with Crippen LogP contribution in [0.25, 0.3) is 0 Å². The summed E-state index contributed by atoms with van der Waals surface area (Å²) in [6.07, 6.45) is 0.108. The first kappa shape index (κ1) is 17.5. The van der Waals surface area contributed by atoms with E-state index in [0.717, 1.165) is 0 Å². The van der Waals surface area contributed by atoms with Gasteiger partial charge in [-0.3, -0.25) is 19.7 Å². The molecule has 0 saturated carbocycles. The van der Waals surface area contributed by atoms with E-state index >= 15 is 0 Å². The summed E-state index contributed by atoms with van der Waals surface area (Å²) in [6, 6.07) is 9.34. The van der Waals surface area contributed by atoms with Crippen molar-refractivity contribution < 1.29 is 18.9 Å². The van der Waals surface area contributed by atoms with Crippen LogP contribution in [0.2, 0.25) is 0 Å². The molecule has 7 nitrogen and oxygen atoms in total. The number of rotatable bonds is 4. The molecule has 0 spiro atoms. The van der Waals surface area contributed by atoms with E-state index in [1.807, 2.05) is 0 Å². The Morgan fingerprint density at radius 3 is 2.62 bits per heavy atom. The number of carbonyl (C=O) groups excluding carboxylic acids is 2. The summed E-state index contributed by atoms with van der Waals surface area (Å²) in [4.78, 5) is 36.5. The molecule has 0 bridgehead atoms. The Bertz CT molecular complexity index is 883. The van der Waals surface area contributed by atoms with Crippen LogP contribution in [0.1, 0.15) is 22.3 Å². The number of amides is 2. The molecule has 2 aromatic rings. The molecule has 0 aliphatic carbocycles. The number of carbonyl (C=O) groups is 2. The van der Waals surface area contributed by atoms with Crippen molar-refractivity contribution >= 4 is 23.2 Å². The lowest BCUT2D eigenvalue weighted by Crippen LogP contribution is -2.37. The van der Waals surface area contributed by atoms with Gasteiger partial charge in [-0.2, -0.15) is 0 Å². The van der Waals surface area contributed by atoms with Crippen LogP contribution < -0.4 is 10.2 Å². The number of hydrogen-bond donors (Lipinski definition) is 1. The van der Waals surface area contributed by atoms with Gasteiger partial charge in [0.05, 0.1) is 11.0 Å². The van der Waals surface area contributed by atoms with Gasteiger partial charge < -0.3 is 10.2 Å². The van der Waals surface area contributed by atoms with Gasteiger partial charge in [-0.05, 0) is 37.3 Å². The Hall–Kier alpha value is -3.29. The second kappa shape index (κ2) is 6.91. The van der Waals surface area contributed by atoms with Gasteiger partial charge in [-0.1, -0.05) is 6.07 Å². The summed E-state index contributed by atoms with van der Waals surface area (Å²) in [5.74, 6) is -1.06. The van der Waals surface area contributed by atoms with Gasteiger partial charge >= 0.3 is 0 Å². The van der Waals surface area contributed by atoms with E-state index in [4.69, 9.17) is 0 Å². The molecule has 0 unspecified atom stereocenters. The second-order valence-electron chi connectivity index (χ2n) is 6.11. The van der Waals surface area contributed by atoms with Crippen LogP contribution in [0.5, 0.6) is 0 Å². The van der Waals surface area contributed by atoms with Crippen LogP contribution in [0.3, 0.4) is 0 Å². The zero-order valence-electron chi connectivity index (χ0n) is 13.9. The Balaban J connectivity index is 1.71. The Morgan fingerprint density at radius 1 is 1.27 bits per heavy atom. The zero-order valence-corrected chi connectivity index (χ0v) is 13.9. The maximum Gasteiger partial charge on any atom is 0.273 e. The second-order valence-corrected chi connectivity index (χ2v) is 6.11. The predicted molar refractivity (Wildman–Crippen MR) is 92.5 cm³/mol. The summed E-state index contributed by atoms with van der Waals surface area (Å²) >= 11 is 0. The van der Waals surface area contributed by atoms with E-state index in [1.165, 1.54) is 47.4 Å². The molecule has 1 atom stereocenters. The number of nitro benzene ring substituents is 1. The van der Waals surface area contributed by atoms with Crippen LogP contribution in [0.4, 0.5) is 15.8 Å². The Labute approximate surface area is 148 Å². The first-order valence-corrected chi connectivity index (χ1v) is 7.97. The number of aryl methyl sites for hydroxylation is 1. The fourth-order valence-electron chi connectivity index (χ4n) is 2.89. The van der Waals surface area contributed by atoms with Gasteiger partial charge in [0, 0.05) is 35.8 Å². The van der Waals surface area contributed by atoms with Crippen molar-refractivity contribution in [2.45, 2.75) is 19.4 Å². The van der Waals surface area contributed by atoms with Crippen LogP contribution in [0.15, 0.2) is 42.5 Å². The van der Waals surface area contributed by atoms with E-state index < -0.39 is 22.7 Å². The lowest BCUT2D eigenvalue weighted by molar-refractivity contribution is -0.385. The van der Waals surface area contributed by atoms with E-state index in [-0.39, 0.29) is 30.1 Å². The highest BCUT2D eigenvalue weighted by Gasteiger charge is 2.32. The highest BCUT2D eigenvalue weighted by molar-refractivity contribution is 5.99. The number of nitro groups is 1. The van der Waals surface area contributed by atoms with Crippen LogP contribution in [-0.4, -0.2) is 29.3 Å². The molecule has 1 fully saturated rings. The van der Waals surface area contributed by atoms with E-state index in [0.29, 0.717) is 11.3 Å². The standard InChI is InChI=1S/C18H16FN3O4/c1-11-2-3-12(8-16(11)22(25)26)18(24)20-14-9-17(23)21(10-14)15-6-4-13(19)5-7-15/h2-8,14H,9-10H2,1H3,(H,20,24)/t14-/m1/s1. The monoisotopic (exact) mass is 357 g/mol. The third kappa shape index (κ3) is 3.53. The first-order valence-electron chi connectivity index (χ1n) is 7.97. The summed E-state index contributed by atoms with van der Waals surface area (Å²) in [6.45, 7) is 1.85. The fourth-order valence-corrected chi connectivity index (χ4v) is 2.89. The van der Waals surface area contributed by atoms with Gasteiger partial charge in [0.25, 0.3) is 11.6 Å². The smallest absolute Gasteiger partial charge is 0.273 e. The molecular weight excluding hydrogens is 341 g/mol. The molecule has 26 heavy (non-hydrogen) atoms. The molecule has 1 aliphatic heterocycles. The third-order valence-corrected chi connectivity index (χ3v) is 4.27. The quantitative estimate of drug-likeness (QED) is 0.672. The molecule has 0 aromatic heterocycles. The van der Waals surface area contributed by atoms with Crippen LogP contribution in [-0.2, 0) is 4.79 Å². The number of nitrogens with one attached hydrogen (secondary N) is 1. The highest BCUT2D eigenvalue weighted by Crippen LogP contribution is 2.23. The summed E-state index contributed by atoms with van der Waals surface area (Å²) < 4.78 is 13.0. The summed E-state index contributed by atoms with van der Waals surface area (Å²) in [7, 11) is 0. The molecule has 2 amide bonds. The molecule has 134 valence electrons. The minimum Gasteiger partial charge on any atom is -0.347 e. The predicted octanol–water partition coefficient (Wildman–Crippen LogP) is 2.58. The highest BCUT2D eigenvalue weighted by atomic mass is 19.1. The fraction of sp³-hybridized carbons (Fsp3) is 0.222. The summed E-state index contributed by atoms with van der Waals surface area (Å²) in [5.41, 5.74) is 1.05. The van der Waals surface area contributed by atoms with E-state index in [9.17, 15) is 24.1 Å². The number of nitrogens with zero attached hydrogens (tertiary/aromatic N) is 2. The zero-order chi connectivity index (χ0) is 18.8. The van der Waals surface area contributed by atoms with E-state index in [2.05, 4.69) is 5.32 Å². The molecule has 0 radical (unpaired) electrons. The minimum absolute atomic E-state index is 0.108. The van der Waals surface area contributed by atoms with Crippen molar-refractivity contribution in [3.05, 3.63) is 69.5 Å². The van der Waals surface area contributed by atoms with Gasteiger partial charge in [0.2, 0.25) is 5.91 Å². The normalized spacial score (nSPS) is 16.6. The van der Waals surface area contributed by atoms with Crippen molar-refractivity contribution in [3.8, 4) is 0 Å². The SMILES string of the molecule is Cc1ccc(C(=O)N[C@@H]2CC(=O)N(c3ccc(F)cc3)C2)cc1[N+](=O)[O-]. The maximum atomic E-state index is 13.0. The maximum absolute atomic E-state index is 13.0. The molecule has 1 saturated heterocycles. The largest absolute Gasteiger partial charge is 0.347 e. The van der Waals surface area contributed by atoms with E-state index in [1.54, 1.807) is 6.92 Å². The average Bonchev–Trinajstić information content (AvgIpc) is 2.96. The van der Waals surface area contributed by atoms with Crippen LogP contribution in [0, 0.1) is 22.9 Å². The Morgan fingerprint density at radius 2 is 1.96 bits per heavy atom. The number of hydrogen-bond acceptors (Lipinski definition) is 4. The first-order chi connectivity index (χ1) is 12.3. The molecule has 8 heteroatoms. The van der Waals surface area contributed by atoms with Gasteiger partial charge in [0.15, 0.2) is 0 Å². The number of anilines is 1. The van der Waals surface area contributed by atoms with Gasteiger partial charge in [-0.25, -0.2) is 4.39 Å². The molecule has 3 rings (SSSR count). The Kier molecular flexibility index (Phi) is 4.66. The molecule has 2 aromatic carbocycles. The van der Waals surface area contributed by atoms with Crippen LogP contribution >= 0.6 is 0 Å². The topological polar surface area (TPSA) is 92.6 Å². The third-order valence-electron chi connectivity index (χ3n) is 4.27.